The number of ether oxygens (including phenoxy) is 1. The first-order chi connectivity index (χ1) is 19.4. The maximum Gasteiger partial charge on any atom is 0.253 e. The van der Waals surface area contributed by atoms with Gasteiger partial charge in [-0.25, -0.2) is 13.8 Å². The van der Waals surface area contributed by atoms with Gasteiger partial charge in [-0.2, -0.15) is 0 Å². The summed E-state index contributed by atoms with van der Waals surface area (Å²) >= 11 is 6.55. The van der Waals surface area contributed by atoms with Crippen LogP contribution in [0, 0.1) is 11.6 Å². The average Bonchev–Trinajstić information content (AvgIpc) is 2.98. The smallest absolute Gasteiger partial charge is 0.253 e. The molecule has 10 heteroatoms. The zero-order chi connectivity index (χ0) is 28.1. The molecule has 0 saturated carbocycles. The highest BCUT2D eigenvalue weighted by Gasteiger charge is 2.28. The number of anilines is 1. The van der Waals surface area contributed by atoms with Crippen molar-refractivity contribution in [1.29, 1.82) is 0 Å². The summed E-state index contributed by atoms with van der Waals surface area (Å²) in [6, 6.07) is 14.0. The summed E-state index contributed by atoms with van der Waals surface area (Å²) in [5.74, 6) is -0.691. The second kappa shape index (κ2) is 12.9. The Morgan fingerprint density at radius 1 is 0.975 bits per heavy atom. The van der Waals surface area contributed by atoms with Crippen molar-refractivity contribution in [2.24, 2.45) is 0 Å². The Labute approximate surface area is 238 Å². The number of hydrogen-bond donors (Lipinski definition) is 1. The van der Waals surface area contributed by atoms with Crippen molar-refractivity contribution in [3.8, 4) is 5.75 Å². The van der Waals surface area contributed by atoms with Gasteiger partial charge < -0.3 is 15.0 Å². The number of pyridine rings is 1. The number of rotatable bonds is 8. The molecule has 3 aromatic rings. The maximum atomic E-state index is 13.4. The Kier molecular flexibility index (Phi) is 9.14. The number of likely N-dealkylation sites (tertiary alicyclic amines) is 1. The van der Waals surface area contributed by atoms with Crippen molar-refractivity contribution in [2.45, 2.75) is 32.0 Å². The molecule has 0 radical (unpaired) electrons. The van der Waals surface area contributed by atoms with E-state index in [-0.39, 0.29) is 12.5 Å². The van der Waals surface area contributed by atoms with Crippen molar-refractivity contribution >= 4 is 23.3 Å². The lowest BCUT2D eigenvalue weighted by atomic mass is 10.0. The van der Waals surface area contributed by atoms with Gasteiger partial charge in [-0.1, -0.05) is 29.8 Å². The monoisotopic (exact) mass is 569 g/mol. The lowest BCUT2D eigenvalue weighted by molar-refractivity contribution is 0.0950. The third-order valence-corrected chi connectivity index (χ3v) is 8.05. The molecule has 1 aromatic heterocycles. The summed E-state index contributed by atoms with van der Waals surface area (Å²) in [5.41, 5.74) is 2.09. The van der Waals surface area contributed by atoms with Crippen LogP contribution in [0.3, 0.4) is 0 Å². The van der Waals surface area contributed by atoms with Crippen molar-refractivity contribution in [3.05, 3.63) is 88.1 Å². The van der Waals surface area contributed by atoms with Crippen LogP contribution in [-0.2, 0) is 13.1 Å². The van der Waals surface area contributed by atoms with Crippen LogP contribution in [0.2, 0.25) is 5.02 Å². The summed E-state index contributed by atoms with van der Waals surface area (Å²) in [6.45, 7) is 6.73. The van der Waals surface area contributed by atoms with Gasteiger partial charge in [0, 0.05) is 51.5 Å². The van der Waals surface area contributed by atoms with Gasteiger partial charge in [0.1, 0.15) is 11.6 Å². The third-order valence-electron chi connectivity index (χ3n) is 7.77. The second-order valence-electron chi connectivity index (χ2n) is 10.3. The van der Waals surface area contributed by atoms with E-state index in [1.807, 2.05) is 12.1 Å². The second-order valence-corrected chi connectivity index (χ2v) is 10.7. The fraction of sp³-hybridized carbons (Fsp3) is 0.400. The van der Waals surface area contributed by atoms with E-state index in [4.69, 9.17) is 16.3 Å². The zero-order valence-corrected chi connectivity index (χ0v) is 23.3. The molecule has 2 fully saturated rings. The minimum absolute atomic E-state index is 0.0672. The molecule has 2 aliphatic rings. The Morgan fingerprint density at radius 2 is 1.68 bits per heavy atom. The molecule has 0 aliphatic carbocycles. The van der Waals surface area contributed by atoms with Gasteiger partial charge in [0.15, 0.2) is 11.6 Å². The quantitative estimate of drug-likeness (QED) is 0.423. The summed E-state index contributed by atoms with van der Waals surface area (Å²) in [7, 11) is 1.69. The van der Waals surface area contributed by atoms with Gasteiger partial charge in [0.2, 0.25) is 0 Å². The first kappa shape index (κ1) is 28.3. The first-order valence-corrected chi connectivity index (χ1v) is 14.0. The fourth-order valence-electron chi connectivity index (χ4n) is 5.45. The number of carbonyl (C=O) groups is 1. The molecule has 3 heterocycles. The molecule has 0 bridgehead atoms. The highest BCUT2D eigenvalue weighted by Crippen LogP contribution is 2.27. The van der Waals surface area contributed by atoms with Crippen molar-refractivity contribution in [3.63, 3.8) is 0 Å². The normalized spacial score (nSPS) is 17.1. The van der Waals surface area contributed by atoms with Crippen LogP contribution < -0.4 is 15.0 Å². The van der Waals surface area contributed by atoms with E-state index in [1.165, 1.54) is 17.8 Å². The summed E-state index contributed by atoms with van der Waals surface area (Å²) in [4.78, 5) is 24.3. The predicted octanol–water partition coefficient (Wildman–Crippen LogP) is 4.74. The van der Waals surface area contributed by atoms with Crippen LogP contribution in [0.25, 0.3) is 0 Å². The molecule has 2 aliphatic heterocycles. The van der Waals surface area contributed by atoms with Crippen LogP contribution in [0.5, 0.6) is 5.75 Å². The Bertz CT molecular complexity index is 1310. The lowest BCUT2D eigenvalue weighted by Gasteiger charge is -2.43. The number of halogens is 3. The molecular weight excluding hydrogens is 536 g/mol. The number of piperidine rings is 1. The molecule has 40 heavy (non-hydrogen) atoms. The Morgan fingerprint density at radius 3 is 2.33 bits per heavy atom. The molecule has 0 spiro atoms. The summed E-state index contributed by atoms with van der Waals surface area (Å²) in [6.07, 6.45) is 3.82. The van der Waals surface area contributed by atoms with Crippen molar-refractivity contribution in [1.82, 2.24) is 20.1 Å². The largest absolute Gasteiger partial charge is 0.497 e. The number of piperazine rings is 1. The van der Waals surface area contributed by atoms with E-state index >= 15 is 0 Å². The van der Waals surface area contributed by atoms with E-state index in [9.17, 15) is 13.6 Å². The van der Waals surface area contributed by atoms with Crippen molar-refractivity contribution < 1.29 is 18.3 Å². The van der Waals surface area contributed by atoms with Crippen LogP contribution >= 0.6 is 11.6 Å². The lowest BCUT2D eigenvalue weighted by Crippen LogP contribution is -2.53. The van der Waals surface area contributed by atoms with Gasteiger partial charge >= 0.3 is 0 Å². The molecule has 1 N–H and O–H groups in total. The van der Waals surface area contributed by atoms with Gasteiger partial charge in [0.05, 0.1) is 17.7 Å². The zero-order valence-electron chi connectivity index (χ0n) is 22.6. The number of hydrogen-bond acceptors (Lipinski definition) is 6. The van der Waals surface area contributed by atoms with Crippen LogP contribution in [0.4, 0.5) is 14.6 Å². The molecule has 212 valence electrons. The van der Waals surface area contributed by atoms with E-state index in [0.29, 0.717) is 28.0 Å². The molecule has 7 nitrogen and oxygen atoms in total. The highest BCUT2D eigenvalue weighted by atomic mass is 35.5. The average molecular weight is 570 g/mol. The number of benzene rings is 2. The summed E-state index contributed by atoms with van der Waals surface area (Å²) in [5, 5.41) is 3.11. The van der Waals surface area contributed by atoms with Crippen LogP contribution in [0.1, 0.15) is 34.3 Å². The standard InChI is InChI=1S/C30H34ClF2N5O2/c1-40-25-5-2-21(3-6-25)20-36-10-8-24(9-11-36)37-12-14-38(15-13-37)29-26(31)17-23(19-34-29)30(39)35-18-22-4-7-27(32)28(33)16-22/h2-7,16-17,19,24H,8-15,18,20H2,1H3,(H,35,39). The first-order valence-electron chi connectivity index (χ1n) is 13.6. The fourth-order valence-corrected chi connectivity index (χ4v) is 5.74. The Hall–Kier alpha value is -3.27. The number of carbonyl (C=O) groups excluding carboxylic acids is 1. The molecule has 2 aromatic carbocycles. The van der Waals surface area contributed by atoms with Crippen LogP contribution in [0.15, 0.2) is 54.7 Å². The van der Waals surface area contributed by atoms with E-state index < -0.39 is 11.6 Å². The molecule has 0 unspecified atom stereocenters. The van der Waals surface area contributed by atoms with Gasteiger partial charge in [-0.15, -0.1) is 0 Å². The Balaban J connectivity index is 1.08. The van der Waals surface area contributed by atoms with Gasteiger partial charge in [-0.05, 0) is 67.4 Å². The molecule has 5 rings (SSSR count). The number of nitrogens with zero attached hydrogens (tertiary/aromatic N) is 4. The van der Waals surface area contributed by atoms with Gasteiger partial charge in [-0.3, -0.25) is 14.6 Å². The SMILES string of the molecule is COc1ccc(CN2CCC(N3CCN(c4ncc(C(=O)NCc5ccc(F)c(F)c5)cc4Cl)CC3)CC2)cc1. The number of nitrogens with one attached hydrogen (secondary N) is 1. The molecule has 2 saturated heterocycles. The summed E-state index contributed by atoms with van der Waals surface area (Å²) < 4.78 is 31.8. The maximum absolute atomic E-state index is 13.4. The number of amides is 1. The van der Waals surface area contributed by atoms with E-state index in [2.05, 4.69) is 37.1 Å². The minimum atomic E-state index is -0.948. The van der Waals surface area contributed by atoms with Crippen LogP contribution in [-0.4, -0.2) is 73.1 Å². The minimum Gasteiger partial charge on any atom is -0.497 e. The van der Waals surface area contributed by atoms with E-state index in [1.54, 1.807) is 13.2 Å². The highest BCUT2D eigenvalue weighted by molar-refractivity contribution is 6.33. The third kappa shape index (κ3) is 6.89. The van der Waals surface area contributed by atoms with E-state index in [0.717, 1.165) is 76.5 Å². The van der Waals surface area contributed by atoms with Crippen molar-refractivity contribution in [2.75, 3.05) is 51.3 Å². The number of methoxy groups -OCH3 is 1. The van der Waals surface area contributed by atoms with Gasteiger partial charge in [0.25, 0.3) is 5.91 Å². The topological polar surface area (TPSA) is 60.9 Å². The predicted molar refractivity (Wildman–Crippen MR) is 152 cm³/mol. The number of aromatic nitrogens is 1. The molecule has 1 amide bonds. The molecule has 0 atom stereocenters. The molecular formula is C30H34ClF2N5O2.